The highest BCUT2D eigenvalue weighted by molar-refractivity contribution is 7.99. The summed E-state index contributed by atoms with van der Waals surface area (Å²) in [6, 6.07) is 11.8. The van der Waals surface area contributed by atoms with E-state index in [9.17, 15) is 4.79 Å². The predicted octanol–water partition coefficient (Wildman–Crippen LogP) is 5.86. The van der Waals surface area contributed by atoms with Crippen LogP contribution in [0.1, 0.15) is 49.5 Å². The number of rotatable bonds is 4. The highest BCUT2D eigenvalue weighted by atomic mass is 35.5. The summed E-state index contributed by atoms with van der Waals surface area (Å²) >= 11 is 7.84. The Balaban J connectivity index is 2.01. The molecule has 3 nitrogen and oxygen atoms in total. The third kappa shape index (κ3) is 3.91. The molecule has 0 fully saturated rings. The van der Waals surface area contributed by atoms with Gasteiger partial charge in [-0.2, -0.15) is 0 Å². The largest absolute Gasteiger partial charge is 0.350 e. The van der Waals surface area contributed by atoms with Crippen molar-refractivity contribution in [3.8, 4) is 0 Å². The molecule has 2 aromatic carbocycles. The van der Waals surface area contributed by atoms with Gasteiger partial charge in [0, 0.05) is 37.7 Å². The fourth-order valence-corrected chi connectivity index (χ4v) is 3.83. The quantitative estimate of drug-likeness (QED) is 0.729. The molecule has 0 aliphatic carbocycles. The molecular formula is C20H21ClN2OS. The van der Waals surface area contributed by atoms with Crippen LogP contribution in [0.25, 0.3) is 0 Å². The van der Waals surface area contributed by atoms with Crippen LogP contribution >= 0.6 is 23.4 Å². The Labute approximate surface area is 157 Å². The fourth-order valence-electron chi connectivity index (χ4n) is 2.65. The Morgan fingerprint density at radius 3 is 2.68 bits per heavy atom. The molecule has 1 aliphatic rings. The first-order valence-electron chi connectivity index (χ1n) is 8.52. The molecule has 1 amide bonds. The normalized spacial score (nSPS) is 14.0. The van der Waals surface area contributed by atoms with Gasteiger partial charge in [-0.3, -0.25) is 9.79 Å². The summed E-state index contributed by atoms with van der Waals surface area (Å²) in [4.78, 5) is 19.4. The fraction of sp³-hybridized carbons (Fsp3) is 0.300. The molecule has 0 spiro atoms. The van der Waals surface area contributed by atoms with Crippen molar-refractivity contribution in [3.63, 3.8) is 0 Å². The lowest BCUT2D eigenvalue weighted by Gasteiger charge is -2.12. The van der Waals surface area contributed by atoms with Crippen LogP contribution in [0.2, 0.25) is 5.02 Å². The van der Waals surface area contributed by atoms with Crippen molar-refractivity contribution < 1.29 is 4.79 Å². The Bertz CT molecular complexity index is 848. The summed E-state index contributed by atoms with van der Waals surface area (Å²) in [5.41, 5.74) is 3.54. The van der Waals surface area contributed by atoms with Gasteiger partial charge in [0.05, 0.1) is 5.69 Å². The standard InChI is InChI=1S/C20H21ClN2OS/c1-4-12(3)22-20(24)13-6-8-19-17(10-13)23-16(5-2)15-11-14(21)7-9-18(15)25-19/h6-12H,4-5H2,1-3H3,(H,22,24). The third-order valence-electron chi connectivity index (χ3n) is 4.27. The number of fused-ring (bicyclic) bond motifs is 2. The minimum absolute atomic E-state index is 0.0554. The van der Waals surface area contributed by atoms with Crippen molar-refractivity contribution >= 4 is 40.7 Å². The molecule has 1 heterocycles. The van der Waals surface area contributed by atoms with Crippen LogP contribution < -0.4 is 5.32 Å². The smallest absolute Gasteiger partial charge is 0.251 e. The maximum atomic E-state index is 12.4. The number of amides is 1. The number of halogens is 1. The third-order valence-corrected chi connectivity index (χ3v) is 5.65. The summed E-state index contributed by atoms with van der Waals surface area (Å²) in [6.45, 7) is 6.14. The zero-order valence-corrected chi connectivity index (χ0v) is 16.2. The van der Waals surface area contributed by atoms with E-state index in [1.807, 2.05) is 43.3 Å². The molecule has 1 atom stereocenters. The SMILES string of the molecule is CCC1=Nc2cc(C(=O)NC(C)CC)ccc2Sc2ccc(Cl)cc21. The van der Waals surface area contributed by atoms with Gasteiger partial charge in [-0.05, 0) is 56.2 Å². The number of nitrogens with one attached hydrogen (secondary N) is 1. The van der Waals surface area contributed by atoms with E-state index in [2.05, 4.69) is 19.2 Å². The topological polar surface area (TPSA) is 41.5 Å². The molecule has 5 heteroatoms. The zero-order valence-electron chi connectivity index (χ0n) is 14.6. The number of carbonyl (C=O) groups is 1. The van der Waals surface area contributed by atoms with Gasteiger partial charge in [-0.15, -0.1) is 0 Å². The van der Waals surface area contributed by atoms with Crippen LogP contribution in [0.4, 0.5) is 5.69 Å². The van der Waals surface area contributed by atoms with Crippen molar-refractivity contribution in [2.45, 2.75) is 49.4 Å². The molecule has 0 radical (unpaired) electrons. The second-order valence-corrected chi connectivity index (χ2v) is 7.64. The molecule has 3 rings (SSSR count). The van der Waals surface area contributed by atoms with Crippen molar-refractivity contribution in [2.75, 3.05) is 0 Å². The molecule has 1 N–H and O–H groups in total. The second-order valence-electron chi connectivity index (χ2n) is 6.12. The number of carbonyl (C=O) groups excluding carboxylic acids is 1. The number of nitrogens with zero attached hydrogens (tertiary/aromatic N) is 1. The predicted molar refractivity (Wildman–Crippen MR) is 106 cm³/mol. The first-order valence-corrected chi connectivity index (χ1v) is 9.71. The minimum atomic E-state index is -0.0554. The van der Waals surface area contributed by atoms with Crippen molar-refractivity contribution in [2.24, 2.45) is 4.99 Å². The van der Waals surface area contributed by atoms with Crippen LogP contribution in [0, 0.1) is 0 Å². The molecule has 2 aromatic rings. The van der Waals surface area contributed by atoms with E-state index < -0.39 is 0 Å². The molecule has 25 heavy (non-hydrogen) atoms. The van der Waals surface area contributed by atoms with Crippen LogP contribution in [-0.4, -0.2) is 17.7 Å². The van der Waals surface area contributed by atoms with Crippen LogP contribution in [0.5, 0.6) is 0 Å². The highest BCUT2D eigenvalue weighted by Gasteiger charge is 2.18. The number of aliphatic imine (C=N–C) groups is 1. The molecule has 0 aromatic heterocycles. The van der Waals surface area contributed by atoms with E-state index in [-0.39, 0.29) is 11.9 Å². The zero-order chi connectivity index (χ0) is 18.0. The number of hydrogen-bond donors (Lipinski definition) is 1. The molecule has 1 aliphatic heterocycles. The lowest BCUT2D eigenvalue weighted by molar-refractivity contribution is 0.0939. The van der Waals surface area contributed by atoms with E-state index in [0.29, 0.717) is 10.6 Å². The molecular weight excluding hydrogens is 352 g/mol. The maximum absolute atomic E-state index is 12.4. The molecule has 130 valence electrons. The highest BCUT2D eigenvalue weighted by Crippen LogP contribution is 2.41. The average Bonchev–Trinajstić information content (AvgIpc) is 2.76. The van der Waals surface area contributed by atoms with Crippen molar-refractivity contribution in [3.05, 3.63) is 52.5 Å². The Kier molecular flexibility index (Phi) is 5.50. The van der Waals surface area contributed by atoms with Gasteiger partial charge in [-0.25, -0.2) is 0 Å². The van der Waals surface area contributed by atoms with E-state index in [4.69, 9.17) is 16.6 Å². The molecule has 0 saturated carbocycles. The van der Waals surface area contributed by atoms with Gasteiger partial charge < -0.3 is 5.32 Å². The first-order chi connectivity index (χ1) is 12.0. The van der Waals surface area contributed by atoms with Crippen molar-refractivity contribution in [1.82, 2.24) is 5.32 Å². The summed E-state index contributed by atoms with van der Waals surface area (Å²) in [5, 5.41) is 3.71. The Morgan fingerprint density at radius 1 is 1.20 bits per heavy atom. The number of benzene rings is 2. The van der Waals surface area contributed by atoms with E-state index in [1.165, 1.54) is 0 Å². The van der Waals surface area contributed by atoms with Crippen molar-refractivity contribution in [1.29, 1.82) is 0 Å². The van der Waals surface area contributed by atoms with Gasteiger partial charge >= 0.3 is 0 Å². The van der Waals surface area contributed by atoms with E-state index in [1.54, 1.807) is 11.8 Å². The summed E-state index contributed by atoms with van der Waals surface area (Å²) in [5.74, 6) is -0.0554. The lowest BCUT2D eigenvalue weighted by Crippen LogP contribution is -2.31. The van der Waals surface area contributed by atoms with Gasteiger partial charge in [0.2, 0.25) is 0 Å². The molecule has 1 unspecified atom stereocenters. The first kappa shape index (κ1) is 18.0. The second kappa shape index (κ2) is 7.63. The Morgan fingerprint density at radius 2 is 1.96 bits per heavy atom. The van der Waals surface area contributed by atoms with Gasteiger partial charge in [0.1, 0.15) is 0 Å². The van der Waals surface area contributed by atoms with Gasteiger partial charge in [0.25, 0.3) is 5.91 Å². The monoisotopic (exact) mass is 372 g/mol. The lowest BCUT2D eigenvalue weighted by atomic mass is 10.1. The van der Waals surface area contributed by atoms with Crippen LogP contribution in [0.15, 0.2) is 51.2 Å². The van der Waals surface area contributed by atoms with Crippen LogP contribution in [0.3, 0.4) is 0 Å². The molecule has 0 saturated heterocycles. The minimum Gasteiger partial charge on any atom is -0.350 e. The van der Waals surface area contributed by atoms with E-state index >= 15 is 0 Å². The Hall–Kier alpha value is -1.78. The van der Waals surface area contributed by atoms with E-state index in [0.717, 1.165) is 39.6 Å². The maximum Gasteiger partial charge on any atom is 0.251 e. The summed E-state index contributed by atoms with van der Waals surface area (Å²) in [7, 11) is 0. The van der Waals surface area contributed by atoms with Crippen LogP contribution in [-0.2, 0) is 0 Å². The molecule has 0 bridgehead atoms. The summed E-state index contributed by atoms with van der Waals surface area (Å²) in [6.07, 6.45) is 1.71. The average molecular weight is 373 g/mol. The number of hydrogen-bond acceptors (Lipinski definition) is 3. The van der Waals surface area contributed by atoms with Gasteiger partial charge in [-0.1, -0.05) is 37.2 Å². The summed E-state index contributed by atoms with van der Waals surface area (Å²) < 4.78 is 0. The van der Waals surface area contributed by atoms with Gasteiger partial charge in [0.15, 0.2) is 0 Å².